The van der Waals surface area contributed by atoms with Gasteiger partial charge in [0.25, 0.3) is 0 Å². The highest BCUT2D eigenvalue weighted by Gasteiger charge is 2.38. The molecule has 0 saturated carbocycles. The molecule has 2 N–H and O–H groups in total. The number of aromatic hydroxyl groups is 1. The molecule has 1 fully saturated rings. The molecule has 1 saturated heterocycles. The van der Waals surface area contributed by atoms with Crippen molar-refractivity contribution < 1.29 is 19.8 Å². The number of rotatable bonds is 2. The van der Waals surface area contributed by atoms with Gasteiger partial charge >= 0.3 is 12.0 Å². The van der Waals surface area contributed by atoms with Gasteiger partial charge in [-0.3, -0.25) is 4.90 Å². The zero-order valence-electron chi connectivity index (χ0n) is 12.2. The molecule has 2 atom stereocenters. The molecular weight excluding hydrogens is 272 g/mol. The van der Waals surface area contributed by atoms with Crippen molar-refractivity contribution in [1.29, 1.82) is 0 Å². The van der Waals surface area contributed by atoms with Crippen LogP contribution < -0.4 is 4.90 Å². The number of aliphatic carboxylic acids is 1. The van der Waals surface area contributed by atoms with E-state index in [4.69, 9.17) is 0 Å². The molecule has 1 aliphatic heterocycles. The average Bonchev–Trinajstić information content (AvgIpc) is 2.46. The number of amides is 2. The Balaban J connectivity index is 2.20. The van der Waals surface area contributed by atoms with E-state index in [1.807, 2.05) is 6.92 Å². The Bertz CT molecular complexity index is 529. The number of benzene rings is 1. The highest BCUT2D eigenvalue weighted by Crippen LogP contribution is 2.26. The number of carbonyl (C=O) groups is 2. The molecule has 21 heavy (non-hydrogen) atoms. The summed E-state index contributed by atoms with van der Waals surface area (Å²) < 4.78 is 0. The fourth-order valence-corrected chi connectivity index (χ4v) is 2.76. The van der Waals surface area contributed by atoms with E-state index in [9.17, 15) is 19.8 Å². The first-order valence-corrected chi connectivity index (χ1v) is 6.98. The van der Waals surface area contributed by atoms with Gasteiger partial charge in [0.1, 0.15) is 11.8 Å². The van der Waals surface area contributed by atoms with E-state index in [-0.39, 0.29) is 17.7 Å². The number of phenols is 1. The second-order valence-electron chi connectivity index (χ2n) is 5.45. The van der Waals surface area contributed by atoms with E-state index in [0.717, 1.165) is 12.8 Å². The van der Waals surface area contributed by atoms with Crippen LogP contribution in [-0.2, 0) is 4.79 Å². The monoisotopic (exact) mass is 292 g/mol. The number of piperidine rings is 1. The predicted molar refractivity (Wildman–Crippen MR) is 78.4 cm³/mol. The summed E-state index contributed by atoms with van der Waals surface area (Å²) >= 11 is 0. The summed E-state index contributed by atoms with van der Waals surface area (Å²) in [7, 11) is 1.60. The number of likely N-dealkylation sites (tertiary alicyclic amines) is 1. The topological polar surface area (TPSA) is 81.1 Å². The van der Waals surface area contributed by atoms with E-state index < -0.39 is 12.0 Å². The van der Waals surface area contributed by atoms with E-state index in [0.29, 0.717) is 12.2 Å². The summed E-state index contributed by atoms with van der Waals surface area (Å²) in [4.78, 5) is 26.8. The standard InChI is InChI=1S/C15H20N2O4/c1-10-4-3-9-17(13(10)14(19)20)15(21)16(2)11-5-7-12(18)8-6-11/h5-8,10,13,18H,3-4,9H2,1-2H3,(H,19,20). The lowest BCUT2D eigenvalue weighted by molar-refractivity contribution is -0.145. The molecule has 114 valence electrons. The van der Waals surface area contributed by atoms with Gasteiger partial charge in [-0.2, -0.15) is 0 Å². The maximum absolute atomic E-state index is 12.6. The van der Waals surface area contributed by atoms with E-state index in [2.05, 4.69) is 0 Å². The van der Waals surface area contributed by atoms with Crippen LogP contribution >= 0.6 is 0 Å². The van der Waals surface area contributed by atoms with Crippen LogP contribution in [0.4, 0.5) is 10.5 Å². The van der Waals surface area contributed by atoms with Gasteiger partial charge in [-0.15, -0.1) is 0 Å². The van der Waals surface area contributed by atoms with Crippen LogP contribution in [0.1, 0.15) is 19.8 Å². The molecule has 1 heterocycles. The summed E-state index contributed by atoms with van der Waals surface area (Å²) in [5, 5.41) is 18.7. The predicted octanol–water partition coefficient (Wildman–Crippen LogP) is 2.13. The molecule has 6 heteroatoms. The van der Waals surface area contributed by atoms with Crippen molar-refractivity contribution in [3.05, 3.63) is 24.3 Å². The minimum Gasteiger partial charge on any atom is -0.508 e. The number of carbonyl (C=O) groups excluding carboxylic acids is 1. The molecule has 6 nitrogen and oxygen atoms in total. The molecule has 0 aromatic heterocycles. The second kappa shape index (κ2) is 6.03. The highest BCUT2D eigenvalue weighted by molar-refractivity contribution is 5.94. The van der Waals surface area contributed by atoms with Crippen molar-refractivity contribution in [2.24, 2.45) is 5.92 Å². The Kier molecular flexibility index (Phi) is 4.35. The van der Waals surface area contributed by atoms with Crippen molar-refractivity contribution in [2.45, 2.75) is 25.8 Å². The van der Waals surface area contributed by atoms with Crippen molar-refractivity contribution >= 4 is 17.7 Å². The zero-order valence-corrected chi connectivity index (χ0v) is 12.2. The van der Waals surface area contributed by atoms with Crippen LogP contribution in [-0.4, -0.2) is 46.7 Å². The smallest absolute Gasteiger partial charge is 0.326 e. The fourth-order valence-electron chi connectivity index (χ4n) is 2.76. The van der Waals surface area contributed by atoms with Gasteiger partial charge in [0.2, 0.25) is 0 Å². The van der Waals surface area contributed by atoms with Crippen molar-refractivity contribution in [3.8, 4) is 5.75 Å². The van der Waals surface area contributed by atoms with Gasteiger partial charge in [0.15, 0.2) is 0 Å². The number of carboxylic acids is 1. The lowest BCUT2D eigenvalue weighted by Crippen LogP contribution is -2.55. The van der Waals surface area contributed by atoms with E-state index in [1.165, 1.54) is 21.9 Å². The molecule has 0 aliphatic carbocycles. The van der Waals surface area contributed by atoms with Gasteiger partial charge in [-0.1, -0.05) is 6.92 Å². The Hall–Kier alpha value is -2.24. The van der Waals surface area contributed by atoms with Crippen molar-refractivity contribution in [1.82, 2.24) is 4.90 Å². The van der Waals surface area contributed by atoms with Crippen LogP contribution in [0.3, 0.4) is 0 Å². The molecule has 2 rings (SSSR count). The van der Waals surface area contributed by atoms with Gasteiger partial charge in [-0.25, -0.2) is 9.59 Å². The first kappa shape index (κ1) is 15.2. The SMILES string of the molecule is CC1CCCN(C(=O)N(C)c2ccc(O)cc2)C1C(=O)O. The average molecular weight is 292 g/mol. The third-order valence-electron chi connectivity index (χ3n) is 3.96. The van der Waals surface area contributed by atoms with Gasteiger partial charge in [0, 0.05) is 19.3 Å². The quantitative estimate of drug-likeness (QED) is 0.875. The maximum Gasteiger partial charge on any atom is 0.326 e. The highest BCUT2D eigenvalue weighted by atomic mass is 16.4. The molecule has 2 amide bonds. The van der Waals surface area contributed by atoms with Crippen molar-refractivity contribution in [3.63, 3.8) is 0 Å². The Labute approximate surface area is 123 Å². The zero-order chi connectivity index (χ0) is 15.6. The minimum absolute atomic E-state index is 0.0617. The van der Waals surface area contributed by atoms with Crippen molar-refractivity contribution in [2.75, 3.05) is 18.5 Å². The molecular formula is C15H20N2O4. The van der Waals surface area contributed by atoms with E-state index in [1.54, 1.807) is 19.2 Å². The summed E-state index contributed by atoms with van der Waals surface area (Å²) in [5.41, 5.74) is 0.611. The molecule has 0 bridgehead atoms. The number of anilines is 1. The third kappa shape index (κ3) is 3.09. The number of urea groups is 1. The van der Waals surface area contributed by atoms with Crippen LogP contribution in [0.25, 0.3) is 0 Å². The molecule has 1 aromatic carbocycles. The Morgan fingerprint density at radius 2 is 1.90 bits per heavy atom. The third-order valence-corrected chi connectivity index (χ3v) is 3.96. The first-order valence-electron chi connectivity index (χ1n) is 6.98. The molecule has 1 aliphatic rings. The molecule has 2 unspecified atom stereocenters. The summed E-state index contributed by atoms with van der Waals surface area (Å²) in [5.74, 6) is -0.905. The first-order chi connectivity index (χ1) is 9.91. The second-order valence-corrected chi connectivity index (χ2v) is 5.45. The number of nitrogens with zero attached hydrogens (tertiary/aromatic N) is 2. The number of hydrogen-bond acceptors (Lipinski definition) is 3. The normalized spacial score (nSPS) is 21.9. The lowest BCUT2D eigenvalue weighted by atomic mass is 9.91. The van der Waals surface area contributed by atoms with Gasteiger partial charge < -0.3 is 15.1 Å². The minimum atomic E-state index is -0.963. The van der Waals surface area contributed by atoms with E-state index >= 15 is 0 Å². The summed E-state index contributed by atoms with van der Waals surface area (Å²) in [6.45, 7) is 2.31. The Morgan fingerprint density at radius 3 is 2.48 bits per heavy atom. The van der Waals surface area contributed by atoms with Crippen LogP contribution in [0.5, 0.6) is 5.75 Å². The fraction of sp³-hybridized carbons (Fsp3) is 0.467. The van der Waals surface area contributed by atoms with Gasteiger partial charge in [-0.05, 0) is 43.0 Å². The molecule has 0 radical (unpaired) electrons. The largest absolute Gasteiger partial charge is 0.508 e. The van der Waals surface area contributed by atoms with Crippen LogP contribution in [0, 0.1) is 5.92 Å². The van der Waals surface area contributed by atoms with Crippen LogP contribution in [0.15, 0.2) is 24.3 Å². The number of hydrogen-bond donors (Lipinski definition) is 2. The number of phenolic OH excluding ortho intramolecular Hbond substituents is 1. The van der Waals surface area contributed by atoms with Crippen LogP contribution in [0.2, 0.25) is 0 Å². The van der Waals surface area contributed by atoms with Gasteiger partial charge in [0.05, 0.1) is 0 Å². The Morgan fingerprint density at radius 1 is 1.29 bits per heavy atom. The maximum atomic E-state index is 12.6. The summed E-state index contributed by atoms with van der Waals surface area (Å²) in [6.07, 6.45) is 1.61. The lowest BCUT2D eigenvalue weighted by Gasteiger charge is -2.39. The summed E-state index contributed by atoms with van der Waals surface area (Å²) in [6, 6.07) is 5.11. The number of carboxylic acid groups (broad SMARTS) is 1. The molecule has 0 spiro atoms. The molecule has 1 aromatic rings.